The van der Waals surface area contributed by atoms with Gasteiger partial charge >= 0.3 is 0 Å². The van der Waals surface area contributed by atoms with Crippen molar-refractivity contribution in [3.63, 3.8) is 0 Å². The number of rotatable bonds is 8. The molecule has 106 valence electrons. The van der Waals surface area contributed by atoms with Gasteiger partial charge in [0.2, 0.25) is 0 Å². The average Bonchev–Trinajstić information content (AvgIpc) is 3.24. The molecule has 19 heavy (non-hydrogen) atoms. The van der Waals surface area contributed by atoms with Crippen LogP contribution in [0.3, 0.4) is 0 Å². The summed E-state index contributed by atoms with van der Waals surface area (Å²) in [4.78, 5) is 0. The monoisotopic (exact) mass is 277 g/mol. The van der Waals surface area contributed by atoms with E-state index in [0.717, 1.165) is 6.54 Å². The van der Waals surface area contributed by atoms with Gasteiger partial charge in [-0.3, -0.25) is 0 Å². The van der Waals surface area contributed by atoms with Gasteiger partial charge in [0.15, 0.2) is 0 Å². The van der Waals surface area contributed by atoms with Crippen LogP contribution in [0.15, 0.2) is 24.3 Å². The van der Waals surface area contributed by atoms with E-state index in [4.69, 9.17) is 0 Å². The standard InChI is InChI=1S/C17H27NS/c1-4-5-6-15-7-9-16(10-8-15)14(2)18-13-17(19-3)11-12-17/h7-10,14,18H,4-6,11-13H2,1-3H3. The number of benzene rings is 1. The van der Waals surface area contributed by atoms with Gasteiger partial charge in [-0.25, -0.2) is 0 Å². The topological polar surface area (TPSA) is 12.0 Å². The van der Waals surface area contributed by atoms with E-state index in [-0.39, 0.29) is 0 Å². The molecule has 1 aliphatic rings. The van der Waals surface area contributed by atoms with Crippen molar-refractivity contribution in [1.29, 1.82) is 0 Å². The summed E-state index contributed by atoms with van der Waals surface area (Å²) in [5, 5.41) is 3.69. The molecule has 0 radical (unpaired) electrons. The number of aryl methyl sites for hydroxylation is 1. The number of thioether (sulfide) groups is 1. The third-order valence-electron chi connectivity index (χ3n) is 4.27. The Bertz CT molecular complexity index is 381. The molecule has 0 saturated heterocycles. The van der Waals surface area contributed by atoms with Crippen molar-refractivity contribution in [2.75, 3.05) is 12.8 Å². The van der Waals surface area contributed by atoms with Gasteiger partial charge in [0.1, 0.15) is 0 Å². The molecule has 2 heteroatoms. The van der Waals surface area contributed by atoms with Crippen LogP contribution in [0.25, 0.3) is 0 Å². The highest BCUT2D eigenvalue weighted by molar-refractivity contribution is 8.00. The smallest absolute Gasteiger partial charge is 0.0292 e. The van der Waals surface area contributed by atoms with Crippen molar-refractivity contribution in [1.82, 2.24) is 5.32 Å². The molecule has 0 spiro atoms. The molecule has 1 fully saturated rings. The second-order valence-corrected chi connectivity index (χ2v) is 7.11. The van der Waals surface area contributed by atoms with Crippen LogP contribution in [-0.4, -0.2) is 17.5 Å². The minimum absolute atomic E-state index is 0.463. The zero-order chi connectivity index (χ0) is 13.7. The Balaban J connectivity index is 1.83. The van der Waals surface area contributed by atoms with Gasteiger partial charge < -0.3 is 5.32 Å². The van der Waals surface area contributed by atoms with Crippen LogP contribution in [0, 0.1) is 0 Å². The summed E-state index contributed by atoms with van der Waals surface area (Å²) in [6.45, 7) is 5.67. The molecule has 1 N–H and O–H groups in total. The molecule has 1 saturated carbocycles. The summed E-state index contributed by atoms with van der Waals surface area (Å²) < 4.78 is 0.551. The Hall–Kier alpha value is -0.470. The summed E-state index contributed by atoms with van der Waals surface area (Å²) in [7, 11) is 0. The Morgan fingerprint density at radius 3 is 2.47 bits per heavy atom. The lowest BCUT2D eigenvalue weighted by molar-refractivity contribution is 0.563. The van der Waals surface area contributed by atoms with Crippen LogP contribution >= 0.6 is 11.8 Å². The summed E-state index contributed by atoms with van der Waals surface area (Å²) in [6, 6.07) is 9.64. The lowest BCUT2D eigenvalue weighted by Gasteiger charge is -2.19. The van der Waals surface area contributed by atoms with Crippen LogP contribution < -0.4 is 5.32 Å². The normalized spacial score (nSPS) is 18.3. The van der Waals surface area contributed by atoms with E-state index < -0.39 is 0 Å². The average molecular weight is 277 g/mol. The highest BCUT2D eigenvalue weighted by atomic mass is 32.2. The van der Waals surface area contributed by atoms with Gasteiger partial charge in [-0.1, -0.05) is 37.6 Å². The van der Waals surface area contributed by atoms with E-state index in [2.05, 4.69) is 49.7 Å². The molecular formula is C17H27NS. The molecule has 1 nitrogen and oxygen atoms in total. The van der Waals surface area contributed by atoms with Crippen molar-refractivity contribution in [3.05, 3.63) is 35.4 Å². The third kappa shape index (κ3) is 4.25. The molecule has 0 aliphatic heterocycles. The molecule has 0 amide bonds. The fraction of sp³-hybridized carbons (Fsp3) is 0.647. The first-order chi connectivity index (χ1) is 9.19. The molecule has 0 aromatic heterocycles. The molecule has 1 unspecified atom stereocenters. The van der Waals surface area contributed by atoms with Crippen LogP contribution in [0.1, 0.15) is 56.7 Å². The van der Waals surface area contributed by atoms with E-state index in [1.54, 1.807) is 0 Å². The predicted molar refractivity (Wildman–Crippen MR) is 87.0 cm³/mol. The van der Waals surface area contributed by atoms with Gasteiger partial charge in [-0.2, -0.15) is 11.8 Å². The number of hydrogen-bond acceptors (Lipinski definition) is 2. The van der Waals surface area contributed by atoms with Gasteiger partial charge in [-0.05, 0) is 50.0 Å². The van der Waals surface area contributed by atoms with Crippen molar-refractivity contribution in [2.24, 2.45) is 0 Å². The second kappa shape index (κ2) is 6.81. The number of nitrogens with one attached hydrogen (secondary N) is 1. The lowest BCUT2D eigenvalue weighted by Crippen LogP contribution is -2.28. The van der Waals surface area contributed by atoms with Crippen molar-refractivity contribution in [3.8, 4) is 0 Å². The molecule has 0 heterocycles. The minimum Gasteiger partial charge on any atom is -0.309 e. The SMILES string of the molecule is CCCCc1ccc(C(C)NCC2(SC)CC2)cc1. The van der Waals surface area contributed by atoms with Crippen LogP contribution in [0.4, 0.5) is 0 Å². The zero-order valence-corrected chi connectivity index (χ0v) is 13.4. The van der Waals surface area contributed by atoms with E-state index in [0.29, 0.717) is 10.8 Å². The fourth-order valence-corrected chi connectivity index (χ4v) is 3.14. The van der Waals surface area contributed by atoms with Crippen molar-refractivity contribution >= 4 is 11.8 Å². The number of hydrogen-bond donors (Lipinski definition) is 1. The first kappa shape index (κ1) is 14.9. The van der Waals surface area contributed by atoms with Gasteiger partial charge in [0.05, 0.1) is 0 Å². The van der Waals surface area contributed by atoms with Gasteiger partial charge in [0.25, 0.3) is 0 Å². The minimum atomic E-state index is 0.463. The maximum Gasteiger partial charge on any atom is 0.0292 e. The van der Waals surface area contributed by atoms with Crippen LogP contribution in [0.2, 0.25) is 0 Å². The Morgan fingerprint density at radius 2 is 1.95 bits per heavy atom. The van der Waals surface area contributed by atoms with E-state index in [9.17, 15) is 0 Å². The Morgan fingerprint density at radius 1 is 1.26 bits per heavy atom. The fourth-order valence-electron chi connectivity index (χ4n) is 2.40. The summed E-state index contributed by atoms with van der Waals surface area (Å²) in [5.41, 5.74) is 2.89. The molecule has 0 bridgehead atoms. The largest absolute Gasteiger partial charge is 0.309 e. The van der Waals surface area contributed by atoms with Crippen molar-refractivity contribution < 1.29 is 0 Å². The molecule has 1 atom stereocenters. The first-order valence-electron chi connectivity index (χ1n) is 7.56. The molecule has 1 aliphatic carbocycles. The first-order valence-corrected chi connectivity index (χ1v) is 8.79. The summed E-state index contributed by atoms with van der Waals surface area (Å²) in [6.07, 6.45) is 8.78. The van der Waals surface area contributed by atoms with Crippen LogP contribution in [0.5, 0.6) is 0 Å². The van der Waals surface area contributed by atoms with E-state index in [1.165, 1.54) is 43.2 Å². The predicted octanol–water partition coefficient (Wildman–Crippen LogP) is 4.58. The second-order valence-electron chi connectivity index (χ2n) is 5.83. The molecule has 1 aromatic carbocycles. The zero-order valence-electron chi connectivity index (χ0n) is 12.5. The highest BCUT2D eigenvalue weighted by Crippen LogP contribution is 2.46. The highest BCUT2D eigenvalue weighted by Gasteiger charge is 2.41. The lowest BCUT2D eigenvalue weighted by atomic mass is 10.0. The quantitative estimate of drug-likeness (QED) is 0.746. The van der Waals surface area contributed by atoms with Crippen LogP contribution in [-0.2, 0) is 6.42 Å². The number of unbranched alkanes of at least 4 members (excludes halogenated alkanes) is 1. The van der Waals surface area contributed by atoms with E-state index >= 15 is 0 Å². The summed E-state index contributed by atoms with van der Waals surface area (Å²) >= 11 is 2.02. The Labute approximate surface area is 122 Å². The maximum absolute atomic E-state index is 3.69. The third-order valence-corrected chi connectivity index (χ3v) is 5.69. The van der Waals surface area contributed by atoms with Gasteiger partial charge in [0, 0.05) is 17.3 Å². The molecular weight excluding hydrogens is 250 g/mol. The van der Waals surface area contributed by atoms with Crippen molar-refractivity contribution in [2.45, 2.75) is 56.7 Å². The summed E-state index contributed by atoms with van der Waals surface area (Å²) in [5.74, 6) is 0. The maximum atomic E-state index is 3.69. The van der Waals surface area contributed by atoms with Gasteiger partial charge in [-0.15, -0.1) is 0 Å². The van der Waals surface area contributed by atoms with E-state index in [1.807, 2.05) is 11.8 Å². The molecule has 2 rings (SSSR count). The molecule has 1 aromatic rings. The Kier molecular flexibility index (Phi) is 5.35.